The highest BCUT2D eigenvalue weighted by Crippen LogP contribution is 2.16. The van der Waals surface area contributed by atoms with E-state index in [1.807, 2.05) is 19.9 Å². The number of guanidine groups is 1. The van der Waals surface area contributed by atoms with Crippen LogP contribution in [0.4, 0.5) is 4.39 Å². The third-order valence-corrected chi connectivity index (χ3v) is 5.15. The Kier molecular flexibility index (Phi) is 12.1. The largest absolute Gasteiger partial charge is 0.369 e. The van der Waals surface area contributed by atoms with Gasteiger partial charge in [0.1, 0.15) is 5.82 Å². The Morgan fingerprint density at radius 2 is 2.17 bits per heavy atom. The lowest BCUT2D eigenvalue weighted by Crippen LogP contribution is -2.41. The number of piperidine rings is 1. The van der Waals surface area contributed by atoms with Gasteiger partial charge in [-0.3, -0.25) is 9.79 Å². The number of hydrogen-bond donors (Lipinski definition) is 3. The number of benzene rings is 1. The van der Waals surface area contributed by atoms with E-state index in [1.165, 1.54) is 6.07 Å². The number of carbonyl (C=O) groups is 1. The molecule has 0 aliphatic carbocycles. The number of nitrogens with one attached hydrogen (secondary N) is 2. The Hall–Kier alpha value is -1.42. The van der Waals surface area contributed by atoms with Crippen molar-refractivity contribution < 1.29 is 9.18 Å². The Morgan fingerprint density at radius 3 is 2.86 bits per heavy atom. The summed E-state index contributed by atoms with van der Waals surface area (Å²) in [6.07, 6.45) is 3.70. The fraction of sp³-hybridized carbons (Fsp3) is 0.619. The molecule has 0 saturated carbocycles. The number of likely N-dealkylation sites (tertiary alicyclic amines) is 1. The van der Waals surface area contributed by atoms with Crippen LogP contribution in [0.5, 0.6) is 0 Å². The Balaban J connectivity index is 0.00000420. The zero-order chi connectivity index (χ0) is 20.4. The quantitative estimate of drug-likeness (QED) is 0.203. The first-order chi connectivity index (χ1) is 13.5. The molecule has 0 radical (unpaired) electrons. The van der Waals surface area contributed by atoms with Gasteiger partial charge in [0, 0.05) is 26.2 Å². The van der Waals surface area contributed by atoms with Crippen molar-refractivity contribution >= 4 is 35.8 Å². The van der Waals surface area contributed by atoms with Crippen molar-refractivity contribution in [3.05, 3.63) is 35.1 Å². The van der Waals surface area contributed by atoms with Gasteiger partial charge < -0.3 is 21.3 Å². The molecule has 1 saturated heterocycles. The van der Waals surface area contributed by atoms with Crippen LogP contribution in [0, 0.1) is 18.7 Å². The molecule has 1 aliphatic heterocycles. The van der Waals surface area contributed by atoms with Gasteiger partial charge in [0.2, 0.25) is 5.91 Å². The van der Waals surface area contributed by atoms with Crippen LogP contribution in [-0.2, 0) is 11.2 Å². The number of nitrogens with zero attached hydrogens (tertiary/aromatic N) is 2. The summed E-state index contributed by atoms with van der Waals surface area (Å²) in [5.41, 5.74) is 7.55. The van der Waals surface area contributed by atoms with Gasteiger partial charge >= 0.3 is 0 Å². The zero-order valence-electron chi connectivity index (χ0n) is 17.5. The number of carbonyl (C=O) groups excluding carboxylic acids is 1. The highest BCUT2D eigenvalue weighted by atomic mass is 127. The lowest BCUT2D eigenvalue weighted by molar-refractivity contribution is -0.123. The van der Waals surface area contributed by atoms with Crippen LogP contribution < -0.4 is 16.4 Å². The van der Waals surface area contributed by atoms with Crippen molar-refractivity contribution in [2.75, 3.05) is 39.3 Å². The molecular weight excluding hydrogens is 484 g/mol. The van der Waals surface area contributed by atoms with Crippen molar-refractivity contribution in [1.29, 1.82) is 0 Å². The molecule has 4 N–H and O–H groups in total. The summed E-state index contributed by atoms with van der Waals surface area (Å²) in [6.45, 7) is 8.97. The molecule has 0 bridgehead atoms. The van der Waals surface area contributed by atoms with E-state index >= 15 is 0 Å². The summed E-state index contributed by atoms with van der Waals surface area (Å²) in [4.78, 5) is 18.3. The molecule has 6 nitrogen and oxygen atoms in total. The van der Waals surface area contributed by atoms with E-state index in [0.717, 1.165) is 82.0 Å². The fourth-order valence-corrected chi connectivity index (χ4v) is 3.57. The Labute approximate surface area is 190 Å². The maximum atomic E-state index is 13.2. The van der Waals surface area contributed by atoms with Crippen LogP contribution >= 0.6 is 24.0 Å². The predicted molar refractivity (Wildman–Crippen MR) is 127 cm³/mol. The number of aliphatic imine (C=N–C) groups is 1. The van der Waals surface area contributed by atoms with Crippen LogP contribution in [0.1, 0.15) is 37.3 Å². The van der Waals surface area contributed by atoms with Gasteiger partial charge in [-0.1, -0.05) is 6.07 Å². The minimum Gasteiger partial charge on any atom is -0.369 e. The van der Waals surface area contributed by atoms with Gasteiger partial charge in [-0.25, -0.2) is 4.39 Å². The van der Waals surface area contributed by atoms with Gasteiger partial charge in [-0.15, -0.1) is 24.0 Å². The second-order valence-corrected chi connectivity index (χ2v) is 7.40. The van der Waals surface area contributed by atoms with E-state index < -0.39 is 0 Å². The third-order valence-electron chi connectivity index (χ3n) is 5.15. The number of nitrogens with two attached hydrogens (primary N) is 1. The average Bonchev–Trinajstić information content (AvgIpc) is 2.67. The summed E-state index contributed by atoms with van der Waals surface area (Å²) < 4.78 is 13.2. The van der Waals surface area contributed by atoms with Gasteiger partial charge in [0.25, 0.3) is 0 Å². The molecule has 2 rings (SSSR count). The molecule has 29 heavy (non-hydrogen) atoms. The average molecular weight is 519 g/mol. The molecule has 1 aromatic rings. The lowest BCUT2D eigenvalue weighted by Gasteiger charge is -2.30. The lowest BCUT2D eigenvalue weighted by atomic mass is 9.97. The minimum atomic E-state index is -0.194. The van der Waals surface area contributed by atoms with E-state index in [0.29, 0.717) is 0 Å². The van der Waals surface area contributed by atoms with Crippen molar-refractivity contribution in [3.63, 3.8) is 0 Å². The van der Waals surface area contributed by atoms with E-state index in [2.05, 4.69) is 20.5 Å². The summed E-state index contributed by atoms with van der Waals surface area (Å²) in [6, 6.07) is 4.91. The minimum absolute atomic E-state index is 0. The molecule has 1 aliphatic rings. The van der Waals surface area contributed by atoms with E-state index in [-0.39, 0.29) is 41.6 Å². The maximum Gasteiger partial charge on any atom is 0.221 e. The van der Waals surface area contributed by atoms with Crippen molar-refractivity contribution in [1.82, 2.24) is 15.5 Å². The van der Waals surface area contributed by atoms with Crippen LogP contribution in [0.25, 0.3) is 0 Å². The molecule has 1 unspecified atom stereocenters. The molecule has 1 heterocycles. The van der Waals surface area contributed by atoms with Crippen molar-refractivity contribution in [3.8, 4) is 0 Å². The standard InChI is InChI=1S/C21H34FN5O.HI/c1-3-24-21(26-11-9-17-7-8-19(22)14-16(17)2)25-10-5-13-27-12-4-6-18(15-27)20(23)28;/h7-8,14,18H,3-6,9-13,15H2,1-2H3,(H2,23,28)(H2,24,25,26);1H. The van der Waals surface area contributed by atoms with Gasteiger partial charge in [0.15, 0.2) is 5.96 Å². The number of aryl methyl sites for hydroxylation is 1. The van der Waals surface area contributed by atoms with Gasteiger partial charge in [-0.2, -0.15) is 0 Å². The molecule has 1 amide bonds. The second-order valence-electron chi connectivity index (χ2n) is 7.40. The SMILES string of the molecule is CCNC(=NCCCN1CCCC(C(N)=O)C1)NCCc1ccc(F)cc1C.I. The van der Waals surface area contributed by atoms with E-state index in [9.17, 15) is 9.18 Å². The summed E-state index contributed by atoms with van der Waals surface area (Å²) >= 11 is 0. The molecule has 0 aromatic heterocycles. The van der Waals surface area contributed by atoms with Crippen LogP contribution in [0.2, 0.25) is 0 Å². The highest BCUT2D eigenvalue weighted by molar-refractivity contribution is 14.0. The molecule has 164 valence electrons. The van der Waals surface area contributed by atoms with Gasteiger partial charge in [-0.05, 0) is 75.9 Å². The summed E-state index contributed by atoms with van der Waals surface area (Å²) in [5.74, 6) is 0.416. The number of hydrogen-bond acceptors (Lipinski definition) is 3. The van der Waals surface area contributed by atoms with Crippen molar-refractivity contribution in [2.45, 2.75) is 39.5 Å². The van der Waals surface area contributed by atoms with Gasteiger partial charge in [0.05, 0.1) is 5.92 Å². The van der Waals surface area contributed by atoms with E-state index in [1.54, 1.807) is 6.07 Å². The predicted octanol–water partition coefficient (Wildman–Crippen LogP) is 2.44. The molecule has 0 spiro atoms. The van der Waals surface area contributed by atoms with Crippen molar-refractivity contribution in [2.24, 2.45) is 16.6 Å². The smallest absolute Gasteiger partial charge is 0.221 e. The number of primary amides is 1. The fourth-order valence-electron chi connectivity index (χ4n) is 3.57. The Bertz CT molecular complexity index is 670. The van der Waals surface area contributed by atoms with E-state index in [4.69, 9.17) is 5.73 Å². The molecule has 1 aromatic carbocycles. The third kappa shape index (κ3) is 9.29. The summed E-state index contributed by atoms with van der Waals surface area (Å²) in [5, 5.41) is 6.60. The number of rotatable bonds is 9. The maximum absolute atomic E-state index is 13.2. The summed E-state index contributed by atoms with van der Waals surface area (Å²) in [7, 11) is 0. The number of amides is 1. The topological polar surface area (TPSA) is 82.8 Å². The first kappa shape index (κ1) is 25.6. The molecular formula is C21H35FIN5O. The Morgan fingerprint density at radius 1 is 1.38 bits per heavy atom. The molecule has 1 atom stereocenters. The first-order valence-electron chi connectivity index (χ1n) is 10.3. The highest BCUT2D eigenvalue weighted by Gasteiger charge is 2.23. The zero-order valence-corrected chi connectivity index (χ0v) is 19.9. The molecule has 8 heteroatoms. The van der Waals surface area contributed by atoms with Crippen LogP contribution in [0.15, 0.2) is 23.2 Å². The first-order valence-corrected chi connectivity index (χ1v) is 10.3. The number of halogens is 2. The molecule has 1 fully saturated rings. The second kappa shape index (κ2) is 13.7. The van der Waals surface area contributed by atoms with Crippen LogP contribution in [-0.4, -0.2) is 56.0 Å². The monoisotopic (exact) mass is 519 g/mol. The normalized spacial score (nSPS) is 17.5. The van der Waals surface area contributed by atoms with Crippen LogP contribution in [0.3, 0.4) is 0 Å².